The molecule has 0 unspecified atom stereocenters. The maximum atomic E-state index is 12.2. The molecule has 1 fully saturated rings. The molecule has 1 aromatic carbocycles. The monoisotopic (exact) mass is 420 g/mol. The van der Waals surface area contributed by atoms with Gasteiger partial charge < -0.3 is 20.7 Å². The molecular formula is C19H25BrN4O2. The Hall–Kier alpha value is -2.02. The van der Waals surface area contributed by atoms with Crippen molar-refractivity contribution in [2.75, 3.05) is 24.1 Å². The van der Waals surface area contributed by atoms with E-state index >= 15 is 0 Å². The standard InChI is InChI=1S/C19H25BrN4O2/c1-19(2,3)26-18(25)24-8-6-13(7-9-24)23-17-14-10-12(20)4-5-16(14)22-11-15(17)21/h4-5,10-11,13H,6-9,21H2,1-3H3,(H,22,23). The fourth-order valence-corrected chi connectivity index (χ4v) is 3.44. The number of pyridine rings is 1. The topological polar surface area (TPSA) is 80.5 Å². The number of nitrogens with two attached hydrogens (primary N) is 1. The number of carbonyl (C=O) groups is 1. The van der Waals surface area contributed by atoms with Crippen molar-refractivity contribution in [3.8, 4) is 0 Å². The van der Waals surface area contributed by atoms with E-state index in [0.29, 0.717) is 18.8 Å². The SMILES string of the molecule is CC(C)(C)OC(=O)N1CCC(Nc2c(N)cnc3ccc(Br)cc23)CC1. The van der Waals surface area contributed by atoms with Gasteiger partial charge in [0.05, 0.1) is 23.1 Å². The summed E-state index contributed by atoms with van der Waals surface area (Å²) < 4.78 is 6.44. The van der Waals surface area contributed by atoms with E-state index in [-0.39, 0.29) is 12.1 Å². The van der Waals surface area contributed by atoms with Gasteiger partial charge in [0, 0.05) is 29.0 Å². The first-order valence-corrected chi connectivity index (χ1v) is 9.60. The number of benzene rings is 1. The second kappa shape index (κ2) is 7.31. The van der Waals surface area contributed by atoms with Crippen molar-refractivity contribution in [2.45, 2.75) is 45.3 Å². The normalized spacial score (nSPS) is 15.9. The largest absolute Gasteiger partial charge is 0.444 e. The third kappa shape index (κ3) is 4.38. The zero-order valence-electron chi connectivity index (χ0n) is 15.4. The number of anilines is 2. The summed E-state index contributed by atoms with van der Waals surface area (Å²) >= 11 is 3.51. The first-order valence-electron chi connectivity index (χ1n) is 8.81. The number of rotatable bonds is 2. The van der Waals surface area contributed by atoms with E-state index < -0.39 is 5.60 Å². The predicted molar refractivity (Wildman–Crippen MR) is 108 cm³/mol. The van der Waals surface area contributed by atoms with Crippen molar-refractivity contribution < 1.29 is 9.53 Å². The van der Waals surface area contributed by atoms with Crippen LogP contribution in [0.4, 0.5) is 16.2 Å². The smallest absolute Gasteiger partial charge is 0.410 e. The van der Waals surface area contributed by atoms with Crippen LogP contribution < -0.4 is 11.1 Å². The molecular weight excluding hydrogens is 396 g/mol. The molecule has 0 spiro atoms. The Morgan fingerprint density at radius 3 is 2.69 bits per heavy atom. The van der Waals surface area contributed by atoms with E-state index in [2.05, 4.69) is 26.2 Å². The Labute approximate surface area is 162 Å². The lowest BCUT2D eigenvalue weighted by Gasteiger charge is -2.34. The maximum Gasteiger partial charge on any atom is 0.410 e. The highest BCUT2D eigenvalue weighted by atomic mass is 79.9. The summed E-state index contributed by atoms with van der Waals surface area (Å²) in [6.45, 7) is 6.98. The van der Waals surface area contributed by atoms with E-state index in [1.54, 1.807) is 11.1 Å². The number of nitrogens with zero attached hydrogens (tertiary/aromatic N) is 2. The highest BCUT2D eigenvalue weighted by molar-refractivity contribution is 9.10. The van der Waals surface area contributed by atoms with Crippen LogP contribution in [0.1, 0.15) is 33.6 Å². The molecule has 1 saturated heterocycles. The molecule has 0 bridgehead atoms. The van der Waals surface area contributed by atoms with Crippen LogP contribution in [-0.2, 0) is 4.74 Å². The van der Waals surface area contributed by atoms with E-state index in [0.717, 1.165) is 33.9 Å². The molecule has 0 saturated carbocycles. The number of fused-ring (bicyclic) bond motifs is 1. The van der Waals surface area contributed by atoms with Crippen LogP contribution >= 0.6 is 15.9 Å². The summed E-state index contributed by atoms with van der Waals surface area (Å²) in [5.41, 5.74) is 8.14. The number of nitrogen functional groups attached to an aromatic ring is 1. The molecule has 1 aromatic heterocycles. The van der Waals surface area contributed by atoms with Gasteiger partial charge in [-0.2, -0.15) is 0 Å². The van der Waals surface area contributed by atoms with Gasteiger partial charge in [-0.05, 0) is 51.8 Å². The van der Waals surface area contributed by atoms with Gasteiger partial charge in [0.15, 0.2) is 0 Å². The van der Waals surface area contributed by atoms with Crippen LogP contribution in [0.5, 0.6) is 0 Å². The van der Waals surface area contributed by atoms with E-state index in [9.17, 15) is 4.79 Å². The fourth-order valence-electron chi connectivity index (χ4n) is 3.08. The zero-order valence-corrected chi connectivity index (χ0v) is 17.0. The van der Waals surface area contributed by atoms with Crippen LogP contribution in [0.15, 0.2) is 28.9 Å². The summed E-state index contributed by atoms with van der Waals surface area (Å²) in [6, 6.07) is 6.21. The molecule has 3 rings (SSSR count). The predicted octanol–water partition coefficient (Wildman–Crippen LogP) is 4.39. The quantitative estimate of drug-likeness (QED) is 0.752. The molecule has 26 heavy (non-hydrogen) atoms. The molecule has 1 amide bonds. The van der Waals surface area contributed by atoms with Gasteiger partial charge >= 0.3 is 6.09 Å². The highest BCUT2D eigenvalue weighted by Crippen LogP contribution is 2.31. The Morgan fingerprint density at radius 2 is 2.04 bits per heavy atom. The summed E-state index contributed by atoms with van der Waals surface area (Å²) in [5, 5.41) is 4.56. The third-order valence-electron chi connectivity index (χ3n) is 4.35. The summed E-state index contributed by atoms with van der Waals surface area (Å²) in [7, 11) is 0. The number of hydrogen-bond donors (Lipinski definition) is 2. The van der Waals surface area contributed by atoms with Crippen molar-refractivity contribution in [1.29, 1.82) is 0 Å². The molecule has 6 nitrogen and oxygen atoms in total. The molecule has 3 N–H and O–H groups in total. The minimum absolute atomic E-state index is 0.242. The fraction of sp³-hybridized carbons (Fsp3) is 0.474. The van der Waals surface area contributed by atoms with Crippen LogP contribution in [0.3, 0.4) is 0 Å². The van der Waals surface area contributed by atoms with Crippen molar-refractivity contribution in [3.63, 3.8) is 0 Å². The number of piperidine rings is 1. The van der Waals surface area contributed by atoms with Gasteiger partial charge in [0.25, 0.3) is 0 Å². The lowest BCUT2D eigenvalue weighted by Crippen LogP contribution is -2.44. The number of nitrogens with one attached hydrogen (secondary N) is 1. The number of hydrogen-bond acceptors (Lipinski definition) is 5. The number of ether oxygens (including phenoxy) is 1. The van der Waals surface area contributed by atoms with Gasteiger partial charge in [0.2, 0.25) is 0 Å². The first-order chi connectivity index (χ1) is 12.2. The molecule has 140 valence electrons. The average molecular weight is 421 g/mol. The summed E-state index contributed by atoms with van der Waals surface area (Å²) in [4.78, 5) is 18.4. The molecule has 2 aromatic rings. The van der Waals surface area contributed by atoms with Gasteiger partial charge in [-0.3, -0.25) is 4.98 Å². The van der Waals surface area contributed by atoms with Gasteiger partial charge in [-0.1, -0.05) is 15.9 Å². The summed E-state index contributed by atoms with van der Waals surface area (Å²) in [6.07, 6.45) is 3.13. The number of aromatic nitrogens is 1. The van der Waals surface area contributed by atoms with Crippen LogP contribution in [0.2, 0.25) is 0 Å². The van der Waals surface area contributed by atoms with Crippen LogP contribution in [0, 0.1) is 0 Å². The molecule has 0 aliphatic carbocycles. The molecule has 1 aliphatic rings. The van der Waals surface area contributed by atoms with E-state index in [1.165, 1.54) is 0 Å². The molecule has 7 heteroatoms. The second-order valence-electron chi connectivity index (χ2n) is 7.64. The molecule has 0 atom stereocenters. The van der Waals surface area contributed by atoms with Crippen molar-refractivity contribution in [2.24, 2.45) is 0 Å². The average Bonchev–Trinajstić information content (AvgIpc) is 2.56. The highest BCUT2D eigenvalue weighted by Gasteiger charge is 2.27. The first kappa shape index (κ1) is 18.8. The number of amides is 1. The Morgan fingerprint density at radius 1 is 1.35 bits per heavy atom. The van der Waals surface area contributed by atoms with Gasteiger partial charge in [-0.15, -0.1) is 0 Å². The number of halogens is 1. The minimum Gasteiger partial charge on any atom is -0.444 e. The van der Waals surface area contributed by atoms with Crippen molar-refractivity contribution >= 4 is 44.3 Å². The lowest BCUT2D eigenvalue weighted by atomic mass is 10.0. The molecule has 1 aliphatic heterocycles. The van der Waals surface area contributed by atoms with Crippen LogP contribution in [0.25, 0.3) is 10.9 Å². The maximum absolute atomic E-state index is 12.2. The van der Waals surface area contributed by atoms with Gasteiger partial charge in [0.1, 0.15) is 5.60 Å². The number of likely N-dealkylation sites (tertiary alicyclic amines) is 1. The van der Waals surface area contributed by atoms with E-state index in [4.69, 9.17) is 10.5 Å². The zero-order chi connectivity index (χ0) is 18.9. The third-order valence-corrected chi connectivity index (χ3v) is 4.85. The number of carbonyl (C=O) groups excluding carboxylic acids is 1. The van der Waals surface area contributed by atoms with Crippen LogP contribution in [-0.4, -0.2) is 40.7 Å². The minimum atomic E-state index is -0.468. The van der Waals surface area contributed by atoms with E-state index in [1.807, 2.05) is 39.0 Å². The Bertz CT molecular complexity index is 806. The van der Waals surface area contributed by atoms with Gasteiger partial charge in [-0.25, -0.2) is 4.79 Å². The van der Waals surface area contributed by atoms with Crippen molar-refractivity contribution in [3.05, 3.63) is 28.9 Å². The Kier molecular flexibility index (Phi) is 5.27. The lowest BCUT2D eigenvalue weighted by molar-refractivity contribution is 0.0210. The second-order valence-corrected chi connectivity index (χ2v) is 8.55. The van der Waals surface area contributed by atoms with Crippen molar-refractivity contribution in [1.82, 2.24) is 9.88 Å². The molecule has 2 heterocycles. The summed E-state index contributed by atoms with van der Waals surface area (Å²) in [5.74, 6) is 0. The molecule has 0 radical (unpaired) electrons. The Balaban J connectivity index is 1.69.